The first-order chi connectivity index (χ1) is 14.7. The van der Waals surface area contributed by atoms with Crippen LogP contribution in [-0.2, 0) is 20.6 Å². The van der Waals surface area contributed by atoms with Crippen LogP contribution in [0.1, 0.15) is 31.0 Å². The zero-order valence-electron chi connectivity index (χ0n) is 17.6. The van der Waals surface area contributed by atoms with E-state index in [1.165, 1.54) is 23.0 Å². The van der Waals surface area contributed by atoms with Crippen LogP contribution in [0.15, 0.2) is 44.7 Å². The molecule has 0 saturated heterocycles. The van der Waals surface area contributed by atoms with E-state index in [1.807, 2.05) is 48.7 Å². The van der Waals surface area contributed by atoms with E-state index in [1.54, 1.807) is 7.05 Å². The second kappa shape index (κ2) is 5.76. The van der Waals surface area contributed by atoms with Crippen LogP contribution in [0.2, 0.25) is 0 Å². The van der Waals surface area contributed by atoms with Crippen LogP contribution in [0.4, 0.5) is 0 Å². The summed E-state index contributed by atoms with van der Waals surface area (Å²) >= 11 is 1.49. The van der Waals surface area contributed by atoms with Crippen molar-refractivity contribution in [3.63, 3.8) is 0 Å². The van der Waals surface area contributed by atoms with E-state index in [0.29, 0.717) is 33.6 Å². The monoisotopic (exact) mass is 435 g/mol. The lowest BCUT2D eigenvalue weighted by Crippen LogP contribution is -2.45. The van der Waals surface area contributed by atoms with Gasteiger partial charge in [-0.2, -0.15) is 0 Å². The summed E-state index contributed by atoms with van der Waals surface area (Å²) in [6.07, 6.45) is 0. The summed E-state index contributed by atoms with van der Waals surface area (Å²) in [6, 6.07) is 9.46. The maximum Gasteiger partial charge on any atom is 0.332 e. The molecule has 0 N–H and O–H groups in total. The van der Waals surface area contributed by atoms with Crippen molar-refractivity contribution in [3.8, 4) is 5.06 Å². The first-order valence-corrected chi connectivity index (χ1v) is 11.1. The molecule has 2 aliphatic rings. The van der Waals surface area contributed by atoms with E-state index in [4.69, 9.17) is 4.74 Å². The first kappa shape index (κ1) is 18.6. The van der Waals surface area contributed by atoms with Gasteiger partial charge in [0.2, 0.25) is 0 Å². The first-order valence-electron chi connectivity index (χ1n) is 10.2. The van der Waals surface area contributed by atoms with Gasteiger partial charge in [-0.25, -0.2) is 4.79 Å². The van der Waals surface area contributed by atoms with Crippen molar-refractivity contribution in [1.82, 2.24) is 13.7 Å². The third-order valence-electron chi connectivity index (χ3n) is 6.99. The highest BCUT2D eigenvalue weighted by Gasteiger charge is 2.51. The lowest BCUT2D eigenvalue weighted by Gasteiger charge is -2.40. The van der Waals surface area contributed by atoms with Gasteiger partial charge < -0.3 is 9.30 Å². The third kappa shape index (κ3) is 2.20. The van der Waals surface area contributed by atoms with Gasteiger partial charge in [0.05, 0.1) is 10.9 Å². The highest BCUT2D eigenvalue weighted by molar-refractivity contribution is 7.20. The average Bonchev–Trinajstić information content (AvgIpc) is 3.28. The van der Waals surface area contributed by atoms with E-state index in [2.05, 4.69) is 0 Å². The molecule has 0 saturated carbocycles. The van der Waals surface area contributed by atoms with Crippen LogP contribution in [0.5, 0.6) is 5.06 Å². The fourth-order valence-corrected chi connectivity index (χ4v) is 6.59. The number of aryl methyl sites for hydroxylation is 1. The Morgan fingerprint density at radius 1 is 1.06 bits per heavy atom. The van der Waals surface area contributed by atoms with Gasteiger partial charge in [-0.3, -0.25) is 18.7 Å². The molecule has 31 heavy (non-hydrogen) atoms. The number of fused-ring (bicyclic) bond motifs is 8. The Morgan fingerprint density at radius 2 is 1.81 bits per heavy atom. The zero-order valence-corrected chi connectivity index (χ0v) is 18.4. The summed E-state index contributed by atoms with van der Waals surface area (Å²) in [5.41, 5.74) is 0.968. The molecule has 0 unspecified atom stereocenters. The number of benzene rings is 1. The third-order valence-corrected chi connectivity index (χ3v) is 8.05. The molecule has 0 fully saturated rings. The summed E-state index contributed by atoms with van der Waals surface area (Å²) < 4.78 is 12.0. The largest absolute Gasteiger partial charge is 0.477 e. The minimum atomic E-state index is -0.507. The number of hydrogen-bond acceptors (Lipinski definition) is 5. The van der Waals surface area contributed by atoms with Gasteiger partial charge in [-0.05, 0) is 32.0 Å². The van der Waals surface area contributed by atoms with Crippen LogP contribution >= 0.6 is 11.3 Å². The Labute approximate surface area is 180 Å². The molecule has 0 bridgehead atoms. The van der Waals surface area contributed by atoms with E-state index < -0.39 is 5.60 Å². The quantitative estimate of drug-likeness (QED) is 0.425. The molecule has 6 rings (SSSR count). The summed E-state index contributed by atoms with van der Waals surface area (Å²) in [7, 11) is 3.18. The Bertz CT molecular complexity index is 1620. The van der Waals surface area contributed by atoms with Crippen LogP contribution < -0.4 is 21.4 Å². The van der Waals surface area contributed by atoms with Crippen molar-refractivity contribution < 1.29 is 4.74 Å². The van der Waals surface area contributed by atoms with Gasteiger partial charge in [-0.15, -0.1) is 0 Å². The molecule has 1 aromatic carbocycles. The SMILES string of the molecule is Cn1c(=O)c2cc3n(c2n(C)c1=O)C[C@@H]1[C@H]3c2c(sc3ccccc3c2=O)OC1(C)C. The molecule has 2 aliphatic heterocycles. The van der Waals surface area contributed by atoms with Gasteiger partial charge in [0.25, 0.3) is 5.56 Å². The summed E-state index contributed by atoms with van der Waals surface area (Å²) in [4.78, 5) is 39.0. The minimum Gasteiger partial charge on any atom is -0.477 e. The van der Waals surface area contributed by atoms with Crippen LogP contribution in [0.25, 0.3) is 21.1 Å². The molecule has 4 aromatic rings. The molecule has 0 spiro atoms. The molecule has 0 radical (unpaired) electrons. The van der Waals surface area contributed by atoms with Crippen LogP contribution in [0, 0.1) is 5.92 Å². The van der Waals surface area contributed by atoms with Crippen molar-refractivity contribution >= 4 is 32.5 Å². The average molecular weight is 436 g/mol. The topological polar surface area (TPSA) is 75.2 Å². The Balaban J connectivity index is 1.73. The number of hydrogen-bond donors (Lipinski definition) is 0. The highest BCUT2D eigenvalue weighted by atomic mass is 32.1. The molecular weight excluding hydrogens is 414 g/mol. The van der Waals surface area contributed by atoms with Crippen LogP contribution in [0.3, 0.4) is 0 Å². The minimum absolute atomic E-state index is 0.0135. The zero-order chi connectivity index (χ0) is 21.8. The predicted octanol–water partition coefficient (Wildman–Crippen LogP) is 2.55. The second-order valence-electron chi connectivity index (χ2n) is 9.04. The molecule has 7 nitrogen and oxygen atoms in total. The molecule has 0 aliphatic carbocycles. The number of rotatable bonds is 0. The smallest absolute Gasteiger partial charge is 0.332 e. The highest BCUT2D eigenvalue weighted by Crippen LogP contribution is 2.53. The molecule has 8 heteroatoms. The van der Waals surface area contributed by atoms with E-state index >= 15 is 0 Å². The fourth-order valence-electron chi connectivity index (χ4n) is 5.38. The fraction of sp³-hybridized carbons (Fsp3) is 0.348. The lowest BCUT2D eigenvalue weighted by molar-refractivity contribution is 0.0235. The van der Waals surface area contributed by atoms with E-state index in [0.717, 1.165) is 15.0 Å². The molecule has 0 amide bonds. The second-order valence-corrected chi connectivity index (χ2v) is 10.1. The van der Waals surface area contributed by atoms with Gasteiger partial charge >= 0.3 is 5.69 Å². The number of ether oxygens (including phenoxy) is 1. The van der Waals surface area contributed by atoms with Crippen molar-refractivity contribution in [3.05, 3.63) is 72.7 Å². The molecule has 2 atom stereocenters. The Morgan fingerprint density at radius 3 is 2.58 bits per heavy atom. The summed E-state index contributed by atoms with van der Waals surface area (Å²) in [5, 5.41) is 1.84. The number of nitrogens with zero attached hydrogens (tertiary/aromatic N) is 3. The van der Waals surface area contributed by atoms with Crippen molar-refractivity contribution in [2.45, 2.75) is 31.9 Å². The van der Waals surface area contributed by atoms with Gasteiger partial charge in [0.15, 0.2) is 10.5 Å². The van der Waals surface area contributed by atoms with Crippen molar-refractivity contribution in [1.29, 1.82) is 0 Å². The maximum absolute atomic E-state index is 13.6. The van der Waals surface area contributed by atoms with E-state index in [-0.39, 0.29) is 28.5 Å². The van der Waals surface area contributed by atoms with Gasteiger partial charge in [0, 0.05) is 48.3 Å². The van der Waals surface area contributed by atoms with Crippen molar-refractivity contribution in [2.24, 2.45) is 20.0 Å². The predicted molar refractivity (Wildman–Crippen MR) is 121 cm³/mol. The Kier molecular flexibility index (Phi) is 3.46. The summed E-state index contributed by atoms with van der Waals surface area (Å²) in [6.45, 7) is 4.67. The van der Waals surface area contributed by atoms with Crippen LogP contribution in [-0.4, -0.2) is 19.3 Å². The number of aromatic nitrogens is 3. The maximum atomic E-state index is 13.6. The molecule has 158 valence electrons. The molecule has 5 heterocycles. The molecular formula is C23H21N3O4S. The van der Waals surface area contributed by atoms with Crippen molar-refractivity contribution in [2.75, 3.05) is 0 Å². The Hall–Kier alpha value is -3.13. The lowest BCUT2D eigenvalue weighted by atomic mass is 9.75. The normalized spacial score (nSPS) is 21.0. The van der Waals surface area contributed by atoms with Gasteiger partial charge in [-0.1, -0.05) is 23.5 Å². The molecule has 3 aromatic heterocycles. The van der Waals surface area contributed by atoms with Gasteiger partial charge in [0.1, 0.15) is 11.2 Å². The summed E-state index contributed by atoms with van der Waals surface area (Å²) in [5.74, 6) is -0.182. The standard InChI is InChI=1S/C23H21N3O4S/c1-23(2)13-10-26-14(9-12-19(26)24(3)22(29)25(4)20(12)28)16(13)17-18(27)11-7-5-6-8-15(11)31-21(17)30-23/h5-9,13,16H,10H2,1-4H3/t13-,16-/m1/s1. The van der Waals surface area contributed by atoms with E-state index in [9.17, 15) is 14.4 Å².